The van der Waals surface area contributed by atoms with Crippen LogP contribution in [0.3, 0.4) is 0 Å². The van der Waals surface area contributed by atoms with Crippen LogP contribution in [0.5, 0.6) is 0 Å². The molecular weight excluding hydrogens is 817 g/mol. The lowest BCUT2D eigenvalue weighted by Gasteiger charge is -2.19. The van der Waals surface area contributed by atoms with Gasteiger partial charge in [0.05, 0.1) is 0 Å². The van der Waals surface area contributed by atoms with Gasteiger partial charge in [-0.05, 0) is 225 Å². The summed E-state index contributed by atoms with van der Waals surface area (Å²) in [4.78, 5) is 0. The first-order valence-electron chi connectivity index (χ1n) is 24.2. The molecule has 15 aromatic rings. The van der Waals surface area contributed by atoms with Crippen LogP contribution in [-0.4, -0.2) is 0 Å². The number of hydrogen-bond acceptors (Lipinski definition) is 0. The van der Waals surface area contributed by atoms with Gasteiger partial charge in [0.2, 0.25) is 0 Å². The molecule has 0 aromatic heterocycles. The van der Waals surface area contributed by atoms with Gasteiger partial charge >= 0.3 is 0 Å². The third-order valence-electron chi connectivity index (χ3n) is 16.6. The van der Waals surface area contributed by atoms with Gasteiger partial charge in [-0.3, -0.25) is 0 Å². The molecule has 16 rings (SSSR count). The topological polar surface area (TPSA) is 0 Å². The highest BCUT2D eigenvalue weighted by atomic mass is 14.3. The second-order valence-corrected chi connectivity index (χ2v) is 19.9. The van der Waals surface area contributed by atoms with Gasteiger partial charge in [0.1, 0.15) is 0 Å². The molecule has 0 spiro atoms. The minimum absolute atomic E-state index is 1.29. The highest BCUT2D eigenvalue weighted by Crippen LogP contribution is 2.58. The van der Waals surface area contributed by atoms with Crippen molar-refractivity contribution in [2.45, 2.75) is 27.7 Å². The molecule has 68 heavy (non-hydrogen) atoms. The summed E-state index contributed by atoms with van der Waals surface area (Å²) in [7, 11) is 0. The largest absolute Gasteiger partial charge is 0.0620 e. The standard InChI is InChI=1S/C68H42/c1-35-13-5-7-17-39(35)61-57-33-55-44-22-12-21-43-47(59-37(3)15-11-16-38(59)4)25-28-52(60(43)44)56(55)34-58(57)62(40-18-8-6-14-36(40)2)68-54-32-30-51-49-27-24-46-42-20-10-9-19-41(42)45-23-26-48(64(49)63(45)46)50-29-31-53(67(61)68)66(54)65(50)51/h5-34H,1-4H3. The van der Waals surface area contributed by atoms with Crippen LogP contribution in [-0.2, 0) is 0 Å². The molecular formula is C68H42. The van der Waals surface area contributed by atoms with Crippen LogP contribution in [0.15, 0.2) is 182 Å². The van der Waals surface area contributed by atoms with Gasteiger partial charge < -0.3 is 0 Å². The summed E-state index contributed by atoms with van der Waals surface area (Å²) >= 11 is 0. The van der Waals surface area contributed by atoms with E-state index in [4.69, 9.17) is 0 Å². The lowest BCUT2D eigenvalue weighted by atomic mass is 9.84. The minimum Gasteiger partial charge on any atom is -0.0620 e. The molecule has 1 aliphatic carbocycles. The zero-order chi connectivity index (χ0) is 44.8. The third-order valence-corrected chi connectivity index (χ3v) is 16.6. The van der Waals surface area contributed by atoms with Crippen molar-refractivity contribution in [3.05, 3.63) is 204 Å². The molecule has 314 valence electrons. The summed E-state index contributed by atoms with van der Waals surface area (Å²) in [6.45, 7) is 9.09. The Hall–Kier alpha value is -8.32. The van der Waals surface area contributed by atoms with Gasteiger partial charge in [-0.15, -0.1) is 0 Å². The first-order valence-corrected chi connectivity index (χ1v) is 24.2. The predicted octanol–water partition coefficient (Wildman–Crippen LogP) is 19.4. The maximum atomic E-state index is 2.58. The van der Waals surface area contributed by atoms with Crippen molar-refractivity contribution >= 4 is 108 Å². The maximum Gasteiger partial charge on any atom is -0.000730 e. The highest BCUT2D eigenvalue weighted by Gasteiger charge is 2.30. The summed E-state index contributed by atoms with van der Waals surface area (Å²) in [5.74, 6) is 0. The molecule has 0 atom stereocenters. The average Bonchev–Trinajstić information content (AvgIpc) is 3.99. The zero-order valence-corrected chi connectivity index (χ0v) is 38.3. The number of benzene rings is 13. The van der Waals surface area contributed by atoms with Gasteiger partial charge in [-0.25, -0.2) is 0 Å². The van der Waals surface area contributed by atoms with Gasteiger partial charge in [0.15, 0.2) is 0 Å². The molecule has 0 amide bonds. The van der Waals surface area contributed by atoms with Crippen LogP contribution >= 0.6 is 0 Å². The molecule has 0 heteroatoms. The molecule has 15 aromatic carbocycles. The fourth-order valence-electron chi connectivity index (χ4n) is 13.8. The van der Waals surface area contributed by atoms with E-state index in [1.165, 1.54) is 186 Å². The van der Waals surface area contributed by atoms with Crippen LogP contribution < -0.4 is 0 Å². The Morgan fingerprint density at radius 3 is 1.07 bits per heavy atom. The number of hydrogen-bond donors (Lipinski definition) is 0. The molecule has 0 heterocycles. The Morgan fingerprint density at radius 2 is 0.544 bits per heavy atom. The molecule has 0 N–H and O–H groups in total. The van der Waals surface area contributed by atoms with Crippen molar-refractivity contribution in [3.8, 4) is 55.6 Å². The molecule has 0 bridgehead atoms. The van der Waals surface area contributed by atoms with Gasteiger partial charge in [-0.2, -0.15) is 0 Å². The molecule has 0 fully saturated rings. The molecule has 0 saturated carbocycles. The zero-order valence-electron chi connectivity index (χ0n) is 38.3. The SMILES string of the molecule is Cc1ccccc1-c1c2cc3c(cc2c(-c2ccccc2C)c2c4ccc5c6ccc7c8c(ccc(c9ccc(c12)c4c95)c86)-c1ccccc1-7)c1ccc(-c2c(C)cccc2C)c2cccc3c21. The molecule has 0 unspecified atom stereocenters. The van der Waals surface area contributed by atoms with Crippen LogP contribution in [0.4, 0.5) is 0 Å². The summed E-state index contributed by atoms with van der Waals surface area (Å²) < 4.78 is 0. The van der Waals surface area contributed by atoms with Gasteiger partial charge in [0.25, 0.3) is 0 Å². The molecule has 1 aliphatic rings. The van der Waals surface area contributed by atoms with E-state index < -0.39 is 0 Å². The fourth-order valence-corrected chi connectivity index (χ4v) is 13.8. The Labute approximate surface area is 393 Å². The van der Waals surface area contributed by atoms with Crippen LogP contribution in [0.2, 0.25) is 0 Å². The highest BCUT2D eigenvalue weighted by molar-refractivity contribution is 6.47. The van der Waals surface area contributed by atoms with E-state index in [1.807, 2.05) is 0 Å². The Morgan fingerprint density at radius 1 is 0.176 bits per heavy atom. The summed E-state index contributed by atoms with van der Waals surface area (Å²) in [5, 5.41) is 26.8. The third kappa shape index (κ3) is 4.38. The first-order chi connectivity index (χ1) is 33.4. The molecule has 0 nitrogen and oxygen atoms in total. The lowest BCUT2D eigenvalue weighted by Crippen LogP contribution is -1.92. The van der Waals surface area contributed by atoms with Crippen molar-refractivity contribution < 1.29 is 0 Å². The second kappa shape index (κ2) is 12.8. The molecule has 0 saturated heterocycles. The predicted molar refractivity (Wildman–Crippen MR) is 295 cm³/mol. The fraction of sp³-hybridized carbons (Fsp3) is 0.0588. The van der Waals surface area contributed by atoms with E-state index in [2.05, 4.69) is 210 Å². The number of fused-ring (bicyclic) bond motifs is 12. The molecule has 0 radical (unpaired) electrons. The van der Waals surface area contributed by atoms with E-state index >= 15 is 0 Å². The second-order valence-electron chi connectivity index (χ2n) is 19.9. The van der Waals surface area contributed by atoms with E-state index in [1.54, 1.807) is 0 Å². The van der Waals surface area contributed by atoms with Crippen LogP contribution in [0, 0.1) is 27.7 Å². The monoisotopic (exact) mass is 858 g/mol. The summed E-state index contributed by atoms with van der Waals surface area (Å²) in [6.07, 6.45) is 0. The van der Waals surface area contributed by atoms with Crippen LogP contribution in [0.1, 0.15) is 22.3 Å². The Kier molecular flexibility index (Phi) is 6.92. The average molecular weight is 859 g/mol. The van der Waals surface area contributed by atoms with E-state index in [0.717, 1.165) is 0 Å². The number of aryl methyl sites for hydroxylation is 4. The smallest absolute Gasteiger partial charge is 0.000730 e. The van der Waals surface area contributed by atoms with E-state index in [0.29, 0.717) is 0 Å². The quantitative estimate of drug-likeness (QED) is 0.123. The summed E-state index contributed by atoms with van der Waals surface area (Å²) in [5.41, 5.74) is 18.5. The Balaban J connectivity index is 1.11. The Bertz CT molecular complexity index is 4500. The van der Waals surface area contributed by atoms with Crippen molar-refractivity contribution in [3.63, 3.8) is 0 Å². The number of rotatable bonds is 3. The maximum absolute atomic E-state index is 2.58. The van der Waals surface area contributed by atoms with Crippen LogP contribution in [0.25, 0.3) is 163 Å². The lowest BCUT2D eigenvalue weighted by molar-refractivity contribution is 1.39. The van der Waals surface area contributed by atoms with Gasteiger partial charge in [-0.1, -0.05) is 170 Å². The van der Waals surface area contributed by atoms with Gasteiger partial charge in [0, 0.05) is 0 Å². The van der Waals surface area contributed by atoms with Crippen molar-refractivity contribution in [1.82, 2.24) is 0 Å². The van der Waals surface area contributed by atoms with Crippen molar-refractivity contribution in [2.24, 2.45) is 0 Å². The summed E-state index contributed by atoms with van der Waals surface area (Å²) in [6, 6.07) is 70.2. The van der Waals surface area contributed by atoms with Crippen molar-refractivity contribution in [2.75, 3.05) is 0 Å². The normalized spacial score (nSPS) is 12.7. The minimum atomic E-state index is 1.29. The first kappa shape index (κ1) is 36.8. The van der Waals surface area contributed by atoms with Crippen molar-refractivity contribution in [1.29, 1.82) is 0 Å². The van der Waals surface area contributed by atoms with E-state index in [-0.39, 0.29) is 0 Å². The van der Waals surface area contributed by atoms with E-state index in [9.17, 15) is 0 Å². The molecule has 0 aliphatic heterocycles.